The van der Waals surface area contributed by atoms with Crippen LogP contribution in [0.1, 0.15) is 21.6 Å². The van der Waals surface area contributed by atoms with Crippen LogP contribution in [0.5, 0.6) is 0 Å². The third-order valence-corrected chi connectivity index (χ3v) is 5.13. The number of amides is 2. The lowest BCUT2D eigenvalue weighted by Crippen LogP contribution is -2.30. The van der Waals surface area contributed by atoms with Crippen molar-refractivity contribution >= 4 is 33.4 Å². The average Bonchev–Trinajstić information content (AvgIpc) is 3.05. The van der Waals surface area contributed by atoms with E-state index in [0.717, 1.165) is 5.56 Å². The number of aromatic nitrogens is 3. The van der Waals surface area contributed by atoms with Crippen LogP contribution in [0.4, 0.5) is 10.5 Å². The molecule has 0 aliphatic rings. The number of aromatic carboxylic acids is 1. The summed E-state index contributed by atoms with van der Waals surface area (Å²) in [6, 6.07) is 5.57. The Labute approximate surface area is 165 Å². The lowest BCUT2D eigenvalue weighted by molar-refractivity contribution is 0.0694. The summed E-state index contributed by atoms with van der Waals surface area (Å²) in [6.45, 7) is 1.89. The van der Waals surface area contributed by atoms with Crippen molar-refractivity contribution in [3.05, 3.63) is 53.5 Å². The summed E-state index contributed by atoms with van der Waals surface area (Å²) in [4.78, 5) is 27.3. The Kier molecular flexibility index (Phi) is 5.48. The first kappa shape index (κ1) is 20.2. The summed E-state index contributed by atoms with van der Waals surface area (Å²) in [7, 11) is -3.74. The van der Waals surface area contributed by atoms with Gasteiger partial charge in [-0.05, 0) is 31.0 Å². The van der Waals surface area contributed by atoms with Crippen molar-refractivity contribution in [3.63, 3.8) is 0 Å². The van der Waals surface area contributed by atoms with Gasteiger partial charge in [0.1, 0.15) is 5.69 Å². The summed E-state index contributed by atoms with van der Waals surface area (Å²) in [5.74, 6) is -1.11. The van der Waals surface area contributed by atoms with E-state index < -0.39 is 22.0 Å². The number of sulfonamides is 1. The number of fused-ring (bicyclic) bond motifs is 1. The fourth-order valence-corrected chi connectivity index (χ4v) is 3.19. The molecule has 11 nitrogen and oxygen atoms in total. The molecule has 3 rings (SSSR count). The molecule has 1 aromatic carbocycles. The van der Waals surface area contributed by atoms with Crippen LogP contribution in [0.15, 0.2) is 41.6 Å². The van der Waals surface area contributed by atoms with E-state index in [2.05, 4.69) is 20.7 Å². The maximum atomic E-state index is 12.1. The molecule has 2 heterocycles. The molecule has 0 fully saturated rings. The van der Waals surface area contributed by atoms with Crippen LogP contribution in [0.25, 0.3) is 5.65 Å². The first-order valence-electron chi connectivity index (χ1n) is 8.40. The van der Waals surface area contributed by atoms with Gasteiger partial charge in [0, 0.05) is 12.7 Å². The van der Waals surface area contributed by atoms with Gasteiger partial charge < -0.3 is 15.7 Å². The quantitative estimate of drug-likeness (QED) is 0.458. The second kappa shape index (κ2) is 7.85. The highest BCUT2D eigenvalue weighted by Gasteiger charge is 2.15. The van der Waals surface area contributed by atoms with Crippen LogP contribution in [0.2, 0.25) is 0 Å². The zero-order valence-electron chi connectivity index (χ0n) is 15.3. The number of primary sulfonamides is 1. The van der Waals surface area contributed by atoms with Crippen molar-refractivity contribution in [2.45, 2.75) is 18.2 Å². The maximum absolute atomic E-state index is 12.1. The normalized spacial score (nSPS) is 11.4. The number of aryl methyl sites for hydroxylation is 1. The largest absolute Gasteiger partial charge is 0.478 e. The number of hydrogen-bond acceptors (Lipinski definition) is 6. The molecule has 0 aliphatic carbocycles. The minimum absolute atomic E-state index is 0.0186. The van der Waals surface area contributed by atoms with Gasteiger partial charge in [-0.25, -0.2) is 32.6 Å². The Bertz CT molecular complexity index is 1190. The molecule has 3 aromatic rings. The number of nitrogens with zero attached hydrogens (tertiary/aromatic N) is 3. The Morgan fingerprint density at radius 1 is 1.21 bits per heavy atom. The molecule has 0 atom stereocenters. The number of benzene rings is 1. The minimum atomic E-state index is -3.74. The van der Waals surface area contributed by atoms with Gasteiger partial charge >= 0.3 is 12.0 Å². The monoisotopic (exact) mass is 418 g/mol. The third kappa shape index (κ3) is 4.50. The highest BCUT2D eigenvalue weighted by Crippen LogP contribution is 2.17. The van der Waals surface area contributed by atoms with E-state index in [9.17, 15) is 18.0 Å². The van der Waals surface area contributed by atoms with Crippen LogP contribution in [0.3, 0.4) is 0 Å². The molecule has 0 radical (unpaired) electrons. The van der Waals surface area contributed by atoms with Crippen LogP contribution < -0.4 is 15.8 Å². The van der Waals surface area contributed by atoms with Crippen LogP contribution >= 0.6 is 0 Å². The molecule has 29 heavy (non-hydrogen) atoms. The predicted molar refractivity (Wildman–Crippen MR) is 103 cm³/mol. The number of carbonyl (C=O) groups excluding carboxylic acids is 1. The van der Waals surface area contributed by atoms with E-state index in [1.807, 2.05) is 0 Å². The van der Waals surface area contributed by atoms with Gasteiger partial charge in [-0.2, -0.15) is 5.10 Å². The predicted octanol–water partition coefficient (Wildman–Crippen LogP) is 0.748. The lowest BCUT2D eigenvalue weighted by atomic mass is 10.1. The average molecular weight is 418 g/mol. The number of carbonyl (C=O) groups is 2. The molecule has 0 saturated carbocycles. The topological polar surface area (TPSA) is 169 Å². The number of hydrogen-bond donors (Lipinski definition) is 4. The second-order valence-electron chi connectivity index (χ2n) is 6.18. The molecular formula is C17H18N6O5S. The molecule has 2 amide bonds. The third-order valence-electron chi connectivity index (χ3n) is 4.20. The number of nitrogens with two attached hydrogens (primary N) is 1. The van der Waals surface area contributed by atoms with E-state index in [1.54, 1.807) is 19.1 Å². The fraction of sp³-hybridized carbons (Fsp3) is 0.176. The molecule has 0 spiro atoms. The van der Waals surface area contributed by atoms with Crippen molar-refractivity contribution < 1.29 is 23.1 Å². The van der Waals surface area contributed by atoms with Gasteiger partial charge in [-0.3, -0.25) is 0 Å². The second-order valence-corrected chi connectivity index (χ2v) is 7.74. The zero-order valence-corrected chi connectivity index (χ0v) is 16.1. The molecule has 0 bridgehead atoms. The summed E-state index contributed by atoms with van der Waals surface area (Å²) in [5, 5.41) is 23.5. The van der Waals surface area contributed by atoms with Crippen LogP contribution in [0, 0.1) is 6.92 Å². The summed E-state index contributed by atoms with van der Waals surface area (Å²) in [5.41, 5.74) is 1.89. The zero-order chi connectivity index (χ0) is 21.2. The standard InChI is InChI=1S/C17H18N6O5S/c1-10-13(16(24)25)8-20-15-14(9-21-23(10)15)22-17(26)19-7-6-11-2-4-12(5-3-11)29(18,27)28/h2-5,8-9H,6-7H2,1H3,(H,24,25)(H2,18,27,28)(H2,19,22,26). The smallest absolute Gasteiger partial charge is 0.339 e. The molecular weight excluding hydrogens is 400 g/mol. The molecule has 0 unspecified atom stereocenters. The molecule has 2 aromatic heterocycles. The Morgan fingerprint density at radius 2 is 1.90 bits per heavy atom. The van der Waals surface area contributed by atoms with Gasteiger partial charge in [0.15, 0.2) is 5.65 Å². The van der Waals surface area contributed by atoms with Gasteiger partial charge in [-0.1, -0.05) is 12.1 Å². The van der Waals surface area contributed by atoms with Crippen LogP contribution in [-0.4, -0.2) is 46.7 Å². The summed E-state index contributed by atoms with van der Waals surface area (Å²) in [6.07, 6.45) is 3.07. The number of urea groups is 1. The SMILES string of the molecule is Cc1c(C(=O)O)cnc2c(NC(=O)NCCc3ccc(S(N)(=O)=O)cc3)cnn12. The van der Waals surface area contributed by atoms with Crippen molar-refractivity contribution in [3.8, 4) is 0 Å². The number of rotatable bonds is 6. The van der Waals surface area contributed by atoms with E-state index >= 15 is 0 Å². The van der Waals surface area contributed by atoms with Crippen molar-refractivity contribution in [2.24, 2.45) is 5.14 Å². The van der Waals surface area contributed by atoms with E-state index in [0.29, 0.717) is 30.0 Å². The lowest BCUT2D eigenvalue weighted by Gasteiger charge is -2.08. The number of anilines is 1. The number of carboxylic acid groups (broad SMARTS) is 1. The Balaban J connectivity index is 1.60. The van der Waals surface area contributed by atoms with Gasteiger partial charge in [0.2, 0.25) is 10.0 Å². The number of carboxylic acids is 1. The molecule has 152 valence electrons. The van der Waals surface area contributed by atoms with Crippen molar-refractivity contribution in [1.82, 2.24) is 19.9 Å². The summed E-state index contributed by atoms with van der Waals surface area (Å²) < 4.78 is 23.8. The van der Waals surface area contributed by atoms with E-state index in [1.165, 1.54) is 29.0 Å². The first-order chi connectivity index (χ1) is 13.7. The molecule has 0 saturated heterocycles. The van der Waals surface area contributed by atoms with Crippen LogP contribution in [-0.2, 0) is 16.4 Å². The summed E-state index contributed by atoms with van der Waals surface area (Å²) >= 11 is 0. The minimum Gasteiger partial charge on any atom is -0.478 e. The fourth-order valence-electron chi connectivity index (χ4n) is 2.68. The number of nitrogens with one attached hydrogen (secondary N) is 2. The van der Waals surface area contributed by atoms with E-state index in [-0.39, 0.29) is 10.5 Å². The highest BCUT2D eigenvalue weighted by atomic mass is 32.2. The molecule has 12 heteroatoms. The Hall–Kier alpha value is -3.51. The maximum Gasteiger partial charge on any atom is 0.339 e. The highest BCUT2D eigenvalue weighted by molar-refractivity contribution is 7.89. The van der Waals surface area contributed by atoms with Gasteiger partial charge in [-0.15, -0.1) is 0 Å². The van der Waals surface area contributed by atoms with E-state index in [4.69, 9.17) is 10.2 Å². The van der Waals surface area contributed by atoms with Crippen molar-refractivity contribution in [2.75, 3.05) is 11.9 Å². The van der Waals surface area contributed by atoms with Crippen molar-refractivity contribution in [1.29, 1.82) is 0 Å². The molecule has 0 aliphatic heterocycles. The first-order valence-corrected chi connectivity index (χ1v) is 9.94. The Morgan fingerprint density at radius 3 is 2.52 bits per heavy atom. The van der Waals surface area contributed by atoms with Gasteiger partial charge in [0.25, 0.3) is 0 Å². The van der Waals surface area contributed by atoms with Gasteiger partial charge in [0.05, 0.1) is 22.3 Å². The molecule has 5 N–H and O–H groups in total.